The zero-order chi connectivity index (χ0) is 38.0. The second-order valence-electron chi connectivity index (χ2n) is 13.9. The fraction of sp³-hybridized carbons (Fsp3) is 0.405. The van der Waals surface area contributed by atoms with E-state index in [-0.39, 0.29) is 36.4 Å². The van der Waals surface area contributed by atoms with Gasteiger partial charge in [-0.25, -0.2) is 4.79 Å². The Morgan fingerprint density at radius 3 is 1.58 bits per heavy atom. The highest BCUT2D eigenvalue weighted by atomic mass is 16.6. The van der Waals surface area contributed by atoms with Crippen LogP contribution in [-0.4, -0.2) is 54.3 Å². The van der Waals surface area contributed by atoms with Crippen molar-refractivity contribution in [2.75, 3.05) is 13.1 Å². The van der Waals surface area contributed by atoms with Crippen LogP contribution in [0.1, 0.15) is 89.8 Å². The molecule has 0 aliphatic rings. The molecule has 0 saturated heterocycles. The minimum atomic E-state index is -1.02. The first kappa shape index (κ1) is 41.2. The maximum absolute atomic E-state index is 13.9. The lowest BCUT2D eigenvalue weighted by Gasteiger charge is -2.37. The smallest absolute Gasteiger partial charge is 0.408 e. The average Bonchev–Trinajstić information content (AvgIpc) is 3.12. The van der Waals surface area contributed by atoms with Gasteiger partial charge >= 0.3 is 6.09 Å². The Morgan fingerprint density at radius 2 is 1.13 bits per heavy atom. The van der Waals surface area contributed by atoms with Crippen molar-refractivity contribution in [2.24, 2.45) is 5.92 Å². The summed E-state index contributed by atoms with van der Waals surface area (Å²) >= 11 is 0. The number of Topliss-reactive ketones (excluding diaryl/α,β-unsaturated/α-hetero) is 1. The van der Waals surface area contributed by atoms with Gasteiger partial charge in [0.15, 0.2) is 0 Å². The molecule has 3 rings (SSSR count). The summed E-state index contributed by atoms with van der Waals surface area (Å²) < 4.78 is 5.43. The zero-order valence-electron chi connectivity index (χ0n) is 31.1. The molecule has 52 heavy (non-hydrogen) atoms. The topological polar surface area (TPSA) is 143 Å². The third-order valence-electron chi connectivity index (χ3n) is 8.38. The van der Waals surface area contributed by atoms with Gasteiger partial charge in [0.2, 0.25) is 17.7 Å². The highest BCUT2D eigenvalue weighted by Crippen LogP contribution is 2.37. The van der Waals surface area contributed by atoms with Crippen LogP contribution in [0.25, 0.3) is 0 Å². The molecule has 0 aliphatic heterocycles. The molecule has 0 aromatic heterocycles. The van der Waals surface area contributed by atoms with Gasteiger partial charge in [0.1, 0.15) is 23.0 Å². The van der Waals surface area contributed by atoms with E-state index in [1.807, 2.05) is 110 Å². The lowest BCUT2D eigenvalue weighted by molar-refractivity contribution is -0.126. The van der Waals surface area contributed by atoms with Crippen LogP contribution < -0.4 is 21.3 Å². The van der Waals surface area contributed by atoms with E-state index in [1.54, 1.807) is 20.8 Å². The summed E-state index contributed by atoms with van der Waals surface area (Å²) in [6, 6.07) is 28.2. The van der Waals surface area contributed by atoms with Crippen LogP contribution in [0.3, 0.4) is 0 Å². The quantitative estimate of drug-likeness (QED) is 0.0650. The van der Waals surface area contributed by atoms with Gasteiger partial charge in [0.05, 0.1) is 0 Å². The van der Waals surface area contributed by atoms with E-state index in [9.17, 15) is 24.0 Å². The van der Waals surface area contributed by atoms with E-state index in [0.29, 0.717) is 38.8 Å². The van der Waals surface area contributed by atoms with Crippen LogP contribution in [0.5, 0.6) is 0 Å². The molecule has 10 nitrogen and oxygen atoms in total. The Kier molecular flexibility index (Phi) is 16.3. The van der Waals surface area contributed by atoms with Crippen molar-refractivity contribution in [2.45, 2.75) is 90.3 Å². The molecule has 4 N–H and O–H groups in total. The van der Waals surface area contributed by atoms with Crippen LogP contribution in [0, 0.1) is 5.92 Å². The fourth-order valence-corrected chi connectivity index (χ4v) is 5.69. The number of carbonyl (C=O) groups excluding carboxylic acids is 5. The number of amides is 4. The lowest BCUT2D eigenvalue weighted by atomic mass is 9.77. The van der Waals surface area contributed by atoms with Gasteiger partial charge in [-0.05, 0) is 70.1 Å². The molecule has 0 radical (unpaired) electrons. The first-order valence-corrected chi connectivity index (χ1v) is 18.0. The average molecular weight is 711 g/mol. The van der Waals surface area contributed by atoms with Crippen molar-refractivity contribution in [3.8, 4) is 0 Å². The number of ketones is 1. The predicted octanol–water partition coefficient (Wildman–Crippen LogP) is 6.34. The second kappa shape index (κ2) is 20.6. The second-order valence-corrected chi connectivity index (χ2v) is 13.9. The molecule has 0 spiro atoms. The van der Waals surface area contributed by atoms with Gasteiger partial charge in [-0.3, -0.25) is 14.4 Å². The molecule has 3 aromatic rings. The van der Waals surface area contributed by atoms with Gasteiger partial charge in [0.25, 0.3) is 0 Å². The molecule has 3 aromatic carbocycles. The largest absolute Gasteiger partial charge is 0.444 e. The van der Waals surface area contributed by atoms with Crippen molar-refractivity contribution in [3.63, 3.8) is 0 Å². The summed E-state index contributed by atoms with van der Waals surface area (Å²) in [5, 5.41) is 11.7. The van der Waals surface area contributed by atoms with Gasteiger partial charge in [-0.15, -0.1) is 0 Å². The zero-order valence-corrected chi connectivity index (χ0v) is 31.1. The van der Waals surface area contributed by atoms with Gasteiger partial charge in [0, 0.05) is 31.8 Å². The predicted molar refractivity (Wildman–Crippen MR) is 203 cm³/mol. The monoisotopic (exact) mass is 710 g/mol. The third-order valence-corrected chi connectivity index (χ3v) is 8.38. The summed E-state index contributed by atoms with van der Waals surface area (Å²) in [6.07, 6.45) is 5.12. The van der Waals surface area contributed by atoms with Gasteiger partial charge in [-0.2, -0.15) is 0 Å². The van der Waals surface area contributed by atoms with Crippen LogP contribution in [-0.2, 0) is 29.5 Å². The highest BCUT2D eigenvalue weighted by molar-refractivity contribution is 5.87. The Labute approximate surface area is 308 Å². The molecule has 0 aliphatic carbocycles. The number of benzene rings is 3. The molecule has 278 valence electrons. The fourth-order valence-electron chi connectivity index (χ4n) is 5.69. The summed E-state index contributed by atoms with van der Waals surface area (Å²) in [4.78, 5) is 63.4. The summed E-state index contributed by atoms with van der Waals surface area (Å²) in [5.74, 6) is -0.969. The maximum Gasteiger partial charge on any atom is 0.408 e. The Bertz CT molecular complexity index is 1520. The van der Waals surface area contributed by atoms with Crippen LogP contribution in [0.2, 0.25) is 0 Å². The van der Waals surface area contributed by atoms with Gasteiger partial charge in [-0.1, -0.05) is 110 Å². The van der Waals surface area contributed by atoms with E-state index in [0.717, 1.165) is 16.7 Å². The van der Waals surface area contributed by atoms with E-state index in [2.05, 4.69) is 21.3 Å². The number of nitrogens with one attached hydrogen (secondary N) is 4. The molecule has 4 amide bonds. The van der Waals surface area contributed by atoms with E-state index in [4.69, 9.17) is 4.74 Å². The molecular weight excluding hydrogens is 656 g/mol. The van der Waals surface area contributed by atoms with E-state index >= 15 is 0 Å². The van der Waals surface area contributed by atoms with Crippen molar-refractivity contribution in [3.05, 3.63) is 120 Å². The summed E-state index contributed by atoms with van der Waals surface area (Å²) in [6.45, 7) is 9.30. The third kappa shape index (κ3) is 13.5. The number of carbonyl (C=O) groups is 5. The molecule has 10 heteroatoms. The SMILES string of the molecule is CC(=O)CC[C@H](C)C(=O)NCC/C=C\CCNC(=O)[C@H](CCC(=O)NC(c1ccccc1)(c1ccccc1)c1ccccc1)NC(=O)OC(C)(C)C. The normalized spacial score (nSPS) is 12.7. The van der Waals surface area contributed by atoms with Crippen molar-refractivity contribution in [1.29, 1.82) is 0 Å². The van der Waals surface area contributed by atoms with E-state index < -0.39 is 29.2 Å². The number of hydrogen-bond donors (Lipinski definition) is 4. The van der Waals surface area contributed by atoms with Crippen molar-refractivity contribution < 1.29 is 28.7 Å². The minimum absolute atomic E-state index is 0.0335. The molecule has 0 bridgehead atoms. The Hall–Kier alpha value is -5.25. The Balaban J connectivity index is 1.66. The van der Waals surface area contributed by atoms with Crippen molar-refractivity contribution >= 4 is 29.6 Å². The van der Waals surface area contributed by atoms with Crippen LogP contribution >= 0.6 is 0 Å². The van der Waals surface area contributed by atoms with Gasteiger partial charge < -0.3 is 30.8 Å². The van der Waals surface area contributed by atoms with Crippen molar-refractivity contribution in [1.82, 2.24) is 21.3 Å². The number of hydrogen-bond acceptors (Lipinski definition) is 6. The molecule has 0 saturated carbocycles. The van der Waals surface area contributed by atoms with Crippen LogP contribution in [0.4, 0.5) is 4.79 Å². The Morgan fingerprint density at radius 1 is 0.673 bits per heavy atom. The standard InChI is InChI=1S/C42H54N4O6/c1-31(25-26-32(2)47)38(49)43-29-17-6-7-18-30-44-39(50)36(45-40(51)52-41(3,4)5)27-28-37(48)46-42(33-19-11-8-12-20-33,34-21-13-9-14-22-34)35-23-15-10-16-24-35/h6-16,19-24,31,36H,17-18,25-30H2,1-5H3,(H,43,49)(H,44,50)(H,45,51)(H,46,48)/b7-6-/t31-,36-/m0/s1. The number of rotatable bonds is 19. The summed E-state index contributed by atoms with van der Waals surface area (Å²) in [7, 11) is 0. The molecule has 2 atom stereocenters. The van der Waals surface area contributed by atoms with Crippen LogP contribution in [0.15, 0.2) is 103 Å². The highest BCUT2D eigenvalue weighted by Gasteiger charge is 2.38. The number of alkyl carbamates (subject to hydrolysis) is 1. The lowest BCUT2D eigenvalue weighted by Crippen LogP contribution is -2.50. The molecule has 0 unspecified atom stereocenters. The molecule has 0 fully saturated rings. The first-order valence-electron chi connectivity index (χ1n) is 18.0. The first-order chi connectivity index (χ1) is 24.8. The maximum atomic E-state index is 13.9. The molecular formula is C42H54N4O6. The molecule has 0 heterocycles. The number of ether oxygens (including phenoxy) is 1. The minimum Gasteiger partial charge on any atom is -0.444 e. The summed E-state index contributed by atoms with van der Waals surface area (Å²) in [5.41, 5.74) is 0.824. The van der Waals surface area contributed by atoms with E-state index in [1.165, 1.54) is 6.92 Å².